The SMILES string of the molecule is CC1CC(C(=O)Nc2ccc(N3CCNCC3)cc2)CCN1CC(=O)O. The smallest absolute Gasteiger partial charge is 0.317 e. The van der Waals surface area contributed by atoms with E-state index in [1.807, 2.05) is 24.0 Å². The molecule has 3 rings (SSSR count). The van der Waals surface area contributed by atoms with Gasteiger partial charge in [-0.25, -0.2) is 0 Å². The molecule has 26 heavy (non-hydrogen) atoms. The van der Waals surface area contributed by atoms with E-state index in [1.54, 1.807) is 0 Å². The van der Waals surface area contributed by atoms with Crippen molar-refractivity contribution in [3.63, 3.8) is 0 Å². The highest BCUT2D eigenvalue weighted by Gasteiger charge is 2.30. The lowest BCUT2D eigenvalue weighted by atomic mass is 9.90. The van der Waals surface area contributed by atoms with Gasteiger partial charge in [0.2, 0.25) is 5.91 Å². The van der Waals surface area contributed by atoms with Gasteiger partial charge in [-0.2, -0.15) is 0 Å². The van der Waals surface area contributed by atoms with Crippen molar-refractivity contribution in [1.29, 1.82) is 0 Å². The lowest BCUT2D eigenvalue weighted by Gasteiger charge is -2.36. The molecule has 7 nitrogen and oxygen atoms in total. The van der Waals surface area contributed by atoms with Gasteiger partial charge in [0, 0.05) is 49.5 Å². The molecule has 2 unspecified atom stereocenters. The number of anilines is 2. The fourth-order valence-corrected chi connectivity index (χ4v) is 3.79. The summed E-state index contributed by atoms with van der Waals surface area (Å²) < 4.78 is 0. The zero-order valence-corrected chi connectivity index (χ0v) is 15.3. The van der Waals surface area contributed by atoms with Crippen molar-refractivity contribution in [3.05, 3.63) is 24.3 Å². The van der Waals surface area contributed by atoms with Crippen LogP contribution in [0.1, 0.15) is 19.8 Å². The maximum atomic E-state index is 12.6. The predicted octanol–water partition coefficient (Wildman–Crippen LogP) is 1.22. The number of carboxylic acid groups (broad SMARTS) is 1. The van der Waals surface area contributed by atoms with Crippen LogP contribution in [0, 0.1) is 5.92 Å². The second kappa shape index (κ2) is 8.51. The fraction of sp³-hybridized carbons (Fsp3) is 0.579. The molecule has 2 heterocycles. The minimum atomic E-state index is -0.815. The Hall–Kier alpha value is -2.12. The van der Waals surface area contributed by atoms with Crippen molar-refractivity contribution in [2.75, 3.05) is 49.5 Å². The molecule has 1 amide bonds. The van der Waals surface area contributed by atoms with Crippen LogP contribution < -0.4 is 15.5 Å². The van der Waals surface area contributed by atoms with Gasteiger partial charge in [-0.1, -0.05) is 0 Å². The van der Waals surface area contributed by atoms with Crippen LogP contribution >= 0.6 is 0 Å². The van der Waals surface area contributed by atoms with Crippen molar-refractivity contribution in [3.8, 4) is 0 Å². The van der Waals surface area contributed by atoms with Crippen molar-refractivity contribution in [2.24, 2.45) is 5.92 Å². The van der Waals surface area contributed by atoms with Crippen LogP contribution in [0.4, 0.5) is 11.4 Å². The highest BCUT2D eigenvalue weighted by Crippen LogP contribution is 2.25. The molecular formula is C19H28N4O3. The quantitative estimate of drug-likeness (QED) is 0.732. The van der Waals surface area contributed by atoms with Crippen LogP contribution in [0.5, 0.6) is 0 Å². The highest BCUT2D eigenvalue weighted by atomic mass is 16.4. The number of carboxylic acids is 1. The van der Waals surface area contributed by atoms with E-state index in [9.17, 15) is 9.59 Å². The third-order valence-corrected chi connectivity index (χ3v) is 5.34. The molecule has 0 radical (unpaired) electrons. The van der Waals surface area contributed by atoms with E-state index in [0.717, 1.165) is 31.9 Å². The van der Waals surface area contributed by atoms with E-state index >= 15 is 0 Å². The third-order valence-electron chi connectivity index (χ3n) is 5.34. The number of hydrogen-bond acceptors (Lipinski definition) is 5. The minimum Gasteiger partial charge on any atom is -0.480 e. The van der Waals surface area contributed by atoms with Gasteiger partial charge in [0.25, 0.3) is 0 Å². The predicted molar refractivity (Wildman–Crippen MR) is 102 cm³/mol. The molecule has 142 valence electrons. The van der Waals surface area contributed by atoms with Crippen molar-refractivity contribution < 1.29 is 14.7 Å². The van der Waals surface area contributed by atoms with Gasteiger partial charge >= 0.3 is 5.97 Å². The Kier molecular flexibility index (Phi) is 6.11. The van der Waals surface area contributed by atoms with E-state index < -0.39 is 5.97 Å². The summed E-state index contributed by atoms with van der Waals surface area (Å²) in [5.41, 5.74) is 2.00. The number of benzene rings is 1. The molecule has 0 spiro atoms. The first kappa shape index (κ1) is 18.7. The molecule has 2 aliphatic heterocycles. The average Bonchev–Trinajstić information content (AvgIpc) is 2.64. The Morgan fingerprint density at radius 2 is 1.88 bits per heavy atom. The number of nitrogens with zero attached hydrogens (tertiary/aromatic N) is 2. The molecule has 3 N–H and O–H groups in total. The summed E-state index contributed by atoms with van der Waals surface area (Å²) in [6, 6.07) is 8.12. The Balaban J connectivity index is 1.52. The molecule has 2 saturated heterocycles. The first-order valence-corrected chi connectivity index (χ1v) is 9.35. The lowest BCUT2D eigenvalue weighted by molar-refractivity contribution is -0.139. The largest absolute Gasteiger partial charge is 0.480 e. The van der Waals surface area contributed by atoms with Gasteiger partial charge in [-0.05, 0) is 50.6 Å². The standard InChI is InChI=1S/C19H28N4O3/c1-14-12-15(6-9-23(14)13-18(24)25)19(26)21-16-2-4-17(5-3-16)22-10-7-20-8-11-22/h2-5,14-15,20H,6-13H2,1H3,(H,21,26)(H,24,25). The van der Waals surface area contributed by atoms with Crippen molar-refractivity contribution in [2.45, 2.75) is 25.8 Å². The molecule has 0 bridgehead atoms. The summed E-state index contributed by atoms with van der Waals surface area (Å²) in [4.78, 5) is 27.7. The summed E-state index contributed by atoms with van der Waals surface area (Å²) in [5, 5.41) is 15.3. The summed E-state index contributed by atoms with van der Waals surface area (Å²) >= 11 is 0. The van der Waals surface area contributed by atoms with Crippen LogP contribution in [0.2, 0.25) is 0 Å². The van der Waals surface area contributed by atoms with Crippen LogP contribution in [0.3, 0.4) is 0 Å². The number of hydrogen-bond donors (Lipinski definition) is 3. The van der Waals surface area contributed by atoms with Gasteiger partial charge in [0.05, 0.1) is 6.54 Å². The summed E-state index contributed by atoms with van der Waals surface area (Å²) in [7, 11) is 0. The monoisotopic (exact) mass is 360 g/mol. The zero-order chi connectivity index (χ0) is 18.5. The average molecular weight is 360 g/mol. The maximum absolute atomic E-state index is 12.6. The van der Waals surface area contributed by atoms with Crippen LogP contribution in [-0.4, -0.2) is 67.2 Å². The molecule has 1 aromatic carbocycles. The first-order valence-electron chi connectivity index (χ1n) is 9.35. The van der Waals surface area contributed by atoms with Crippen LogP contribution in [0.15, 0.2) is 24.3 Å². The molecule has 2 aliphatic rings. The molecule has 2 atom stereocenters. The highest BCUT2D eigenvalue weighted by molar-refractivity contribution is 5.92. The number of carbonyl (C=O) groups is 2. The van der Waals surface area contributed by atoms with Gasteiger partial charge < -0.3 is 20.6 Å². The number of piperazine rings is 1. The first-order chi connectivity index (χ1) is 12.5. The Labute approximate surface area is 154 Å². The van der Waals surface area contributed by atoms with Gasteiger partial charge in [0.1, 0.15) is 0 Å². The number of aliphatic carboxylic acids is 1. The topological polar surface area (TPSA) is 84.9 Å². The number of rotatable bonds is 5. The minimum absolute atomic E-state index is 0.0294. The number of nitrogens with one attached hydrogen (secondary N) is 2. The van der Waals surface area contributed by atoms with E-state index in [1.165, 1.54) is 5.69 Å². The normalized spacial score (nSPS) is 24.3. The summed E-state index contributed by atoms with van der Waals surface area (Å²) in [6.07, 6.45) is 1.39. The summed E-state index contributed by atoms with van der Waals surface area (Å²) in [5.74, 6) is -0.853. The van der Waals surface area contributed by atoms with E-state index in [-0.39, 0.29) is 24.4 Å². The van der Waals surface area contributed by atoms with E-state index in [4.69, 9.17) is 5.11 Å². The Morgan fingerprint density at radius 3 is 2.50 bits per heavy atom. The van der Waals surface area contributed by atoms with E-state index in [0.29, 0.717) is 19.4 Å². The summed E-state index contributed by atoms with van der Waals surface area (Å²) in [6.45, 7) is 6.67. The molecule has 1 aromatic rings. The van der Waals surface area contributed by atoms with Gasteiger partial charge in [0.15, 0.2) is 0 Å². The number of likely N-dealkylation sites (tertiary alicyclic amines) is 1. The van der Waals surface area contributed by atoms with Crippen molar-refractivity contribution >= 4 is 23.3 Å². The molecule has 0 aromatic heterocycles. The van der Waals surface area contributed by atoms with E-state index in [2.05, 4.69) is 27.7 Å². The molecule has 0 aliphatic carbocycles. The second-order valence-electron chi connectivity index (χ2n) is 7.21. The van der Waals surface area contributed by atoms with Crippen LogP contribution in [-0.2, 0) is 9.59 Å². The van der Waals surface area contributed by atoms with Gasteiger partial charge in [-0.15, -0.1) is 0 Å². The maximum Gasteiger partial charge on any atom is 0.317 e. The lowest BCUT2D eigenvalue weighted by Crippen LogP contribution is -2.45. The Morgan fingerprint density at radius 1 is 1.19 bits per heavy atom. The van der Waals surface area contributed by atoms with Crippen LogP contribution in [0.25, 0.3) is 0 Å². The number of amides is 1. The molecule has 0 saturated carbocycles. The van der Waals surface area contributed by atoms with Crippen molar-refractivity contribution in [1.82, 2.24) is 10.2 Å². The molecular weight excluding hydrogens is 332 g/mol. The molecule has 7 heteroatoms. The Bertz CT molecular complexity index is 628. The third kappa shape index (κ3) is 4.74. The number of carbonyl (C=O) groups excluding carboxylic acids is 1. The molecule has 2 fully saturated rings. The second-order valence-corrected chi connectivity index (χ2v) is 7.21. The van der Waals surface area contributed by atoms with Gasteiger partial charge in [-0.3, -0.25) is 14.5 Å². The number of piperidine rings is 1. The zero-order valence-electron chi connectivity index (χ0n) is 15.3. The fourth-order valence-electron chi connectivity index (χ4n) is 3.79.